The molecule has 34 heavy (non-hydrogen) atoms. The Kier molecular flexibility index (Phi) is 7.01. The van der Waals surface area contributed by atoms with Gasteiger partial charge in [-0.05, 0) is 57.2 Å². The van der Waals surface area contributed by atoms with Crippen LogP contribution in [0.2, 0.25) is 0 Å². The fourth-order valence-corrected chi connectivity index (χ4v) is 5.63. The number of anilines is 1. The van der Waals surface area contributed by atoms with Crippen molar-refractivity contribution >= 4 is 21.6 Å². The molecule has 10 heteroatoms. The van der Waals surface area contributed by atoms with Crippen LogP contribution in [0.1, 0.15) is 28.7 Å². The number of aryl methyl sites for hydroxylation is 1. The molecule has 1 amide bonds. The van der Waals surface area contributed by atoms with Crippen LogP contribution in [0.5, 0.6) is 5.75 Å². The normalized spacial score (nSPS) is 14.7. The van der Waals surface area contributed by atoms with Gasteiger partial charge in [0.1, 0.15) is 10.6 Å². The molecule has 2 aromatic heterocycles. The van der Waals surface area contributed by atoms with Crippen LogP contribution in [0.25, 0.3) is 5.69 Å². The lowest BCUT2D eigenvalue weighted by atomic mass is 10.2. The molecule has 0 bridgehead atoms. The minimum atomic E-state index is -3.82. The standard InChI is InChI=1S/C24H28N4O5S/c1-4-33-22-8-7-19(15-23(22)34(30,31)27-10-12-32-13-11-27)26-24(29)21-14-17(2)28(18(21)3)20-6-5-9-25-16-20/h5-9,14-16H,4,10-13H2,1-3H3,(H,26,29). The monoisotopic (exact) mass is 484 g/mol. The van der Waals surface area contributed by atoms with Gasteiger partial charge in [0.25, 0.3) is 5.91 Å². The first-order valence-electron chi connectivity index (χ1n) is 11.1. The molecular formula is C24H28N4O5S. The van der Waals surface area contributed by atoms with Gasteiger partial charge in [-0.15, -0.1) is 0 Å². The van der Waals surface area contributed by atoms with Gasteiger partial charge in [0.2, 0.25) is 10.0 Å². The van der Waals surface area contributed by atoms with Crippen LogP contribution in [0, 0.1) is 13.8 Å². The predicted octanol–water partition coefficient (Wildman–Crippen LogP) is 3.16. The highest BCUT2D eigenvalue weighted by atomic mass is 32.2. The van der Waals surface area contributed by atoms with Crippen molar-refractivity contribution in [2.24, 2.45) is 0 Å². The number of aromatic nitrogens is 2. The zero-order chi connectivity index (χ0) is 24.3. The van der Waals surface area contributed by atoms with E-state index in [2.05, 4.69) is 10.3 Å². The lowest BCUT2D eigenvalue weighted by molar-refractivity contribution is 0.0729. The van der Waals surface area contributed by atoms with Gasteiger partial charge >= 0.3 is 0 Å². The molecule has 0 saturated carbocycles. The Labute approximate surface area is 199 Å². The second kappa shape index (κ2) is 9.96. The van der Waals surface area contributed by atoms with Crippen LogP contribution in [-0.4, -0.2) is 61.1 Å². The van der Waals surface area contributed by atoms with Crippen molar-refractivity contribution in [1.29, 1.82) is 0 Å². The number of sulfonamides is 1. The largest absolute Gasteiger partial charge is 0.492 e. The Morgan fingerprint density at radius 2 is 1.94 bits per heavy atom. The van der Waals surface area contributed by atoms with E-state index in [1.165, 1.54) is 10.4 Å². The first kappa shape index (κ1) is 23.9. The second-order valence-electron chi connectivity index (χ2n) is 7.90. The van der Waals surface area contributed by atoms with Crippen LogP contribution in [0.15, 0.2) is 53.7 Å². The van der Waals surface area contributed by atoms with E-state index in [4.69, 9.17) is 9.47 Å². The minimum Gasteiger partial charge on any atom is -0.492 e. The molecule has 0 spiro atoms. The van der Waals surface area contributed by atoms with Crippen molar-refractivity contribution in [3.63, 3.8) is 0 Å². The third kappa shape index (κ3) is 4.70. The summed E-state index contributed by atoms with van der Waals surface area (Å²) in [5.41, 5.74) is 3.36. The molecular weight excluding hydrogens is 456 g/mol. The lowest BCUT2D eigenvalue weighted by Crippen LogP contribution is -2.40. The highest BCUT2D eigenvalue weighted by Gasteiger charge is 2.30. The van der Waals surface area contributed by atoms with Crippen LogP contribution < -0.4 is 10.1 Å². The van der Waals surface area contributed by atoms with E-state index >= 15 is 0 Å². The number of carbonyl (C=O) groups is 1. The Morgan fingerprint density at radius 1 is 1.18 bits per heavy atom. The number of ether oxygens (including phenoxy) is 2. The molecule has 0 atom stereocenters. The van der Waals surface area contributed by atoms with Gasteiger partial charge in [-0.2, -0.15) is 4.31 Å². The molecule has 1 N–H and O–H groups in total. The smallest absolute Gasteiger partial charge is 0.257 e. The van der Waals surface area contributed by atoms with E-state index in [1.54, 1.807) is 37.5 Å². The average molecular weight is 485 g/mol. The fraction of sp³-hybridized carbons (Fsp3) is 0.333. The van der Waals surface area contributed by atoms with Gasteiger partial charge in [0, 0.05) is 36.4 Å². The Hall–Kier alpha value is -3.21. The highest BCUT2D eigenvalue weighted by Crippen LogP contribution is 2.31. The van der Waals surface area contributed by atoms with Gasteiger partial charge < -0.3 is 19.4 Å². The summed E-state index contributed by atoms with van der Waals surface area (Å²) >= 11 is 0. The number of amides is 1. The number of morpholine rings is 1. The van der Waals surface area contributed by atoms with Crippen molar-refractivity contribution in [1.82, 2.24) is 13.9 Å². The van der Waals surface area contributed by atoms with E-state index in [0.717, 1.165) is 17.1 Å². The van der Waals surface area contributed by atoms with Gasteiger partial charge in [-0.1, -0.05) is 0 Å². The molecule has 0 unspecified atom stereocenters. The van der Waals surface area contributed by atoms with Crippen molar-refractivity contribution < 1.29 is 22.7 Å². The number of nitrogens with one attached hydrogen (secondary N) is 1. The van der Waals surface area contributed by atoms with E-state index in [1.807, 2.05) is 30.5 Å². The SMILES string of the molecule is CCOc1ccc(NC(=O)c2cc(C)n(-c3cccnc3)c2C)cc1S(=O)(=O)N1CCOCC1. The number of carbonyl (C=O) groups excluding carboxylic acids is 1. The molecule has 3 heterocycles. The number of hydrogen-bond acceptors (Lipinski definition) is 6. The summed E-state index contributed by atoms with van der Waals surface area (Å²) < 4.78 is 40.8. The minimum absolute atomic E-state index is 0.0230. The summed E-state index contributed by atoms with van der Waals surface area (Å²) in [6.45, 7) is 7.10. The molecule has 1 aromatic carbocycles. The number of nitrogens with zero attached hydrogens (tertiary/aromatic N) is 3. The van der Waals surface area contributed by atoms with Crippen LogP contribution in [0.3, 0.4) is 0 Å². The lowest BCUT2D eigenvalue weighted by Gasteiger charge is -2.27. The van der Waals surface area contributed by atoms with Crippen LogP contribution in [-0.2, 0) is 14.8 Å². The molecule has 1 saturated heterocycles. The second-order valence-corrected chi connectivity index (χ2v) is 9.80. The topological polar surface area (TPSA) is 103 Å². The van der Waals surface area contributed by atoms with Gasteiger partial charge in [0.05, 0.1) is 37.3 Å². The Morgan fingerprint density at radius 3 is 2.62 bits per heavy atom. The van der Waals surface area contributed by atoms with E-state index < -0.39 is 10.0 Å². The molecule has 1 fully saturated rings. The Bertz CT molecular complexity index is 1280. The maximum absolute atomic E-state index is 13.3. The number of pyridine rings is 1. The quantitative estimate of drug-likeness (QED) is 0.553. The molecule has 0 aliphatic carbocycles. The first-order chi connectivity index (χ1) is 16.3. The molecule has 1 aliphatic heterocycles. The first-order valence-corrected chi connectivity index (χ1v) is 12.5. The maximum atomic E-state index is 13.3. The predicted molar refractivity (Wildman–Crippen MR) is 128 cm³/mol. The van der Waals surface area contributed by atoms with Crippen molar-refractivity contribution in [2.75, 3.05) is 38.2 Å². The number of benzene rings is 1. The van der Waals surface area contributed by atoms with Crippen molar-refractivity contribution in [3.05, 3.63) is 65.7 Å². The van der Waals surface area contributed by atoms with E-state index in [-0.39, 0.29) is 29.6 Å². The van der Waals surface area contributed by atoms with E-state index in [9.17, 15) is 13.2 Å². The summed E-state index contributed by atoms with van der Waals surface area (Å²) in [5.74, 6) is -0.0798. The summed E-state index contributed by atoms with van der Waals surface area (Å²) in [4.78, 5) is 17.3. The third-order valence-electron chi connectivity index (χ3n) is 5.67. The molecule has 180 valence electrons. The molecule has 4 rings (SSSR count). The van der Waals surface area contributed by atoms with Crippen LogP contribution in [0.4, 0.5) is 5.69 Å². The third-order valence-corrected chi connectivity index (χ3v) is 7.59. The van der Waals surface area contributed by atoms with Gasteiger partial charge in [-0.25, -0.2) is 8.42 Å². The van der Waals surface area contributed by atoms with Gasteiger partial charge in [0.15, 0.2) is 0 Å². The Balaban J connectivity index is 1.65. The number of hydrogen-bond donors (Lipinski definition) is 1. The summed E-state index contributed by atoms with van der Waals surface area (Å²) in [6.07, 6.45) is 3.43. The zero-order valence-electron chi connectivity index (χ0n) is 19.4. The molecule has 1 aliphatic rings. The van der Waals surface area contributed by atoms with Crippen molar-refractivity contribution in [2.45, 2.75) is 25.7 Å². The molecule has 3 aromatic rings. The van der Waals surface area contributed by atoms with Gasteiger partial charge in [-0.3, -0.25) is 9.78 Å². The van der Waals surface area contributed by atoms with E-state index in [0.29, 0.717) is 31.1 Å². The summed E-state index contributed by atoms with van der Waals surface area (Å²) in [5, 5.41) is 2.84. The maximum Gasteiger partial charge on any atom is 0.257 e. The zero-order valence-corrected chi connectivity index (χ0v) is 20.3. The number of rotatable bonds is 7. The molecule has 9 nitrogen and oxygen atoms in total. The highest BCUT2D eigenvalue weighted by molar-refractivity contribution is 7.89. The van der Waals surface area contributed by atoms with Crippen LogP contribution >= 0.6 is 0 Å². The summed E-state index contributed by atoms with van der Waals surface area (Å²) in [7, 11) is -3.82. The molecule has 0 radical (unpaired) electrons. The average Bonchev–Trinajstić information content (AvgIpc) is 3.15. The van der Waals surface area contributed by atoms with Crippen molar-refractivity contribution in [3.8, 4) is 11.4 Å². The fourth-order valence-electron chi connectivity index (χ4n) is 4.06. The summed E-state index contributed by atoms with van der Waals surface area (Å²) in [6, 6.07) is 10.2.